The van der Waals surface area contributed by atoms with Crippen LogP contribution in [-0.2, 0) is 16.6 Å². The number of aryl methyl sites for hydroxylation is 1. The minimum atomic E-state index is -3.75. The van der Waals surface area contributed by atoms with Gasteiger partial charge in [0, 0.05) is 28.0 Å². The van der Waals surface area contributed by atoms with Gasteiger partial charge in [-0.3, -0.25) is 9.78 Å². The molecule has 0 atom stereocenters. The van der Waals surface area contributed by atoms with Gasteiger partial charge in [-0.2, -0.15) is 0 Å². The van der Waals surface area contributed by atoms with E-state index in [1.54, 1.807) is 54.2 Å². The van der Waals surface area contributed by atoms with Crippen molar-refractivity contribution in [2.24, 2.45) is 0 Å². The third-order valence-electron chi connectivity index (χ3n) is 3.89. The molecule has 0 fully saturated rings. The number of benzene rings is 1. The van der Waals surface area contributed by atoms with Crippen LogP contribution in [0, 0.1) is 6.92 Å². The highest BCUT2D eigenvalue weighted by molar-refractivity contribution is 7.89. The highest BCUT2D eigenvalue weighted by Gasteiger charge is 2.24. The van der Waals surface area contributed by atoms with Crippen LogP contribution in [0.4, 0.5) is 0 Å². The lowest BCUT2D eigenvalue weighted by Crippen LogP contribution is -2.31. The molecular weight excluding hydrogens is 423 g/mol. The van der Waals surface area contributed by atoms with Crippen molar-refractivity contribution in [2.75, 3.05) is 6.26 Å². The highest BCUT2D eigenvalue weighted by Crippen LogP contribution is 2.27. The predicted octanol–water partition coefficient (Wildman–Crippen LogP) is 3.30. The molecule has 0 aliphatic heterocycles. The number of sulfonamides is 1. The Morgan fingerprint density at radius 1 is 1.25 bits per heavy atom. The number of nitrogens with one attached hydrogen (secondary N) is 1. The highest BCUT2D eigenvalue weighted by atomic mass is 35.5. The molecule has 7 nitrogen and oxygen atoms in total. The summed E-state index contributed by atoms with van der Waals surface area (Å²) in [5, 5.41) is 0.948. The first-order valence-electron chi connectivity index (χ1n) is 8.09. The Balaban J connectivity index is 2.18. The van der Waals surface area contributed by atoms with E-state index in [4.69, 9.17) is 23.2 Å². The minimum absolute atomic E-state index is 0.111. The molecule has 0 bridgehead atoms. The molecule has 2 heterocycles. The Bertz CT molecular complexity index is 1150. The number of carbonyl (C=O) groups excluding carboxylic acids is 1. The fourth-order valence-electron chi connectivity index (χ4n) is 2.78. The third-order valence-corrected chi connectivity index (χ3v) is 5.05. The number of pyridine rings is 1. The number of hydrogen-bond acceptors (Lipinski definition) is 5. The van der Waals surface area contributed by atoms with Crippen molar-refractivity contribution in [1.82, 2.24) is 19.3 Å². The van der Waals surface area contributed by atoms with Gasteiger partial charge in [-0.15, -0.1) is 0 Å². The molecule has 0 aliphatic carbocycles. The third kappa shape index (κ3) is 4.52. The summed E-state index contributed by atoms with van der Waals surface area (Å²) >= 11 is 12.4. The van der Waals surface area contributed by atoms with E-state index in [0.717, 1.165) is 6.26 Å². The van der Waals surface area contributed by atoms with E-state index in [0.29, 0.717) is 32.7 Å². The van der Waals surface area contributed by atoms with Crippen LogP contribution in [0.1, 0.15) is 21.7 Å². The lowest BCUT2D eigenvalue weighted by Gasteiger charge is -2.13. The lowest BCUT2D eigenvalue weighted by atomic mass is 10.2. The van der Waals surface area contributed by atoms with Crippen LogP contribution in [0.5, 0.6) is 0 Å². The first-order valence-corrected chi connectivity index (χ1v) is 10.7. The van der Waals surface area contributed by atoms with Crippen molar-refractivity contribution in [3.8, 4) is 11.4 Å². The summed E-state index contributed by atoms with van der Waals surface area (Å²) in [6, 6.07) is 8.54. The molecule has 0 radical (unpaired) electrons. The summed E-state index contributed by atoms with van der Waals surface area (Å²) in [4.78, 5) is 21.2. The van der Waals surface area contributed by atoms with E-state index in [2.05, 4.69) is 9.97 Å². The fraction of sp³-hybridized carbons (Fsp3) is 0.167. The number of halogens is 2. The second-order valence-electron chi connectivity index (χ2n) is 6.14. The van der Waals surface area contributed by atoms with Crippen LogP contribution < -0.4 is 4.72 Å². The molecule has 1 amide bonds. The summed E-state index contributed by atoms with van der Waals surface area (Å²) < 4.78 is 26.7. The zero-order valence-electron chi connectivity index (χ0n) is 15.0. The molecule has 0 saturated heterocycles. The molecule has 1 aromatic carbocycles. The molecule has 3 rings (SSSR count). The Kier molecular flexibility index (Phi) is 5.74. The maximum Gasteiger partial charge on any atom is 0.283 e. The monoisotopic (exact) mass is 438 g/mol. The van der Waals surface area contributed by atoms with E-state index in [1.165, 1.54) is 0 Å². The molecule has 0 saturated carbocycles. The zero-order valence-corrected chi connectivity index (χ0v) is 17.3. The number of nitrogens with zero attached hydrogens (tertiary/aromatic N) is 3. The Hall–Kier alpha value is -2.42. The number of hydrogen-bond donors (Lipinski definition) is 1. The maximum atomic E-state index is 12.7. The van der Waals surface area contributed by atoms with Crippen molar-refractivity contribution < 1.29 is 13.2 Å². The van der Waals surface area contributed by atoms with Gasteiger partial charge in [0.15, 0.2) is 0 Å². The quantitative estimate of drug-likeness (QED) is 0.659. The summed E-state index contributed by atoms with van der Waals surface area (Å²) in [6.45, 7) is 1.80. The van der Waals surface area contributed by atoms with E-state index in [-0.39, 0.29) is 12.2 Å². The van der Waals surface area contributed by atoms with Crippen LogP contribution >= 0.6 is 23.2 Å². The van der Waals surface area contributed by atoms with Gasteiger partial charge in [0.05, 0.1) is 18.5 Å². The molecule has 28 heavy (non-hydrogen) atoms. The first-order chi connectivity index (χ1) is 13.2. The SMILES string of the molecule is Cc1nc(-c2cccnc2)n(Cc2cc(Cl)ccc2Cl)c1C(=O)NS(C)(=O)=O. The second-order valence-corrected chi connectivity index (χ2v) is 8.73. The summed E-state index contributed by atoms with van der Waals surface area (Å²) in [6.07, 6.45) is 4.14. The molecule has 1 N–H and O–H groups in total. The topological polar surface area (TPSA) is 93.9 Å². The molecule has 2 aromatic heterocycles. The van der Waals surface area contributed by atoms with Gasteiger partial charge in [0.1, 0.15) is 11.5 Å². The van der Waals surface area contributed by atoms with Gasteiger partial charge in [0.2, 0.25) is 10.0 Å². The van der Waals surface area contributed by atoms with Gasteiger partial charge in [-0.25, -0.2) is 18.1 Å². The molecular formula is C18H16Cl2N4O3S. The van der Waals surface area contributed by atoms with Gasteiger partial charge in [-0.05, 0) is 42.8 Å². The van der Waals surface area contributed by atoms with Crippen LogP contribution in [0.15, 0.2) is 42.7 Å². The Morgan fingerprint density at radius 2 is 2.00 bits per heavy atom. The fourth-order valence-corrected chi connectivity index (χ4v) is 3.59. The molecule has 0 aliphatic rings. The van der Waals surface area contributed by atoms with Gasteiger partial charge >= 0.3 is 0 Å². The Labute approximate surface area is 172 Å². The summed E-state index contributed by atoms with van der Waals surface area (Å²) in [5.74, 6) is -0.318. The molecule has 0 spiro atoms. The minimum Gasteiger partial charge on any atom is -0.315 e. The normalized spacial score (nSPS) is 11.4. The van der Waals surface area contributed by atoms with Gasteiger partial charge in [-0.1, -0.05) is 23.2 Å². The molecule has 10 heteroatoms. The van der Waals surface area contributed by atoms with Crippen LogP contribution in [0.2, 0.25) is 10.0 Å². The maximum absolute atomic E-state index is 12.7. The first kappa shape index (κ1) is 20.3. The average molecular weight is 439 g/mol. The standard InChI is InChI=1S/C18H16Cl2N4O3S/c1-11-16(18(25)23-28(2,26)27)24(10-13-8-14(19)5-6-15(13)20)17(22-11)12-4-3-7-21-9-12/h3-9H,10H2,1-2H3,(H,23,25). The lowest BCUT2D eigenvalue weighted by molar-refractivity contribution is 0.0972. The predicted molar refractivity (Wildman–Crippen MR) is 108 cm³/mol. The molecule has 3 aromatic rings. The Morgan fingerprint density at radius 3 is 2.64 bits per heavy atom. The van der Waals surface area contributed by atoms with Gasteiger partial charge in [0.25, 0.3) is 5.91 Å². The number of imidazole rings is 1. The van der Waals surface area contributed by atoms with Crippen LogP contribution in [0.25, 0.3) is 11.4 Å². The summed E-state index contributed by atoms with van der Waals surface area (Å²) in [5.41, 5.74) is 1.81. The molecule has 146 valence electrons. The number of amides is 1. The van der Waals surface area contributed by atoms with Crippen molar-refractivity contribution >= 4 is 39.1 Å². The molecule has 0 unspecified atom stereocenters. The van der Waals surface area contributed by atoms with Crippen LogP contribution in [0.3, 0.4) is 0 Å². The van der Waals surface area contributed by atoms with E-state index < -0.39 is 15.9 Å². The van der Waals surface area contributed by atoms with Crippen molar-refractivity contribution in [3.63, 3.8) is 0 Å². The van der Waals surface area contributed by atoms with E-state index >= 15 is 0 Å². The van der Waals surface area contributed by atoms with E-state index in [1.807, 2.05) is 4.72 Å². The number of rotatable bonds is 5. The van der Waals surface area contributed by atoms with Crippen LogP contribution in [-0.4, -0.2) is 35.1 Å². The number of aromatic nitrogens is 3. The van der Waals surface area contributed by atoms with Crippen molar-refractivity contribution in [2.45, 2.75) is 13.5 Å². The average Bonchev–Trinajstić information content (AvgIpc) is 2.93. The van der Waals surface area contributed by atoms with Crippen molar-refractivity contribution in [3.05, 3.63) is 69.7 Å². The smallest absolute Gasteiger partial charge is 0.283 e. The van der Waals surface area contributed by atoms with Gasteiger partial charge < -0.3 is 4.57 Å². The zero-order chi connectivity index (χ0) is 20.5. The summed E-state index contributed by atoms with van der Waals surface area (Å²) in [7, 11) is -3.75. The van der Waals surface area contributed by atoms with Crippen molar-refractivity contribution in [1.29, 1.82) is 0 Å². The second kappa shape index (κ2) is 7.90. The van der Waals surface area contributed by atoms with E-state index in [9.17, 15) is 13.2 Å². The number of carbonyl (C=O) groups is 1. The largest absolute Gasteiger partial charge is 0.315 e.